The zero-order valence-corrected chi connectivity index (χ0v) is 19.0. The molecule has 3 fully saturated rings. The Bertz CT molecular complexity index is 835. The van der Waals surface area contributed by atoms with Crippen molar-refractivity contribution in [2.75, 3.05) is 39.2 Å². The lowest BCUT2D eigenvalue weighted by atomic mass is 10.0. The summed E-state index contributed by atoms with van der Waals surface area (Å²) >= 11 is 6.01. The number of fused-ring (bicyclic) bond motifs is 1. The van der Waals surface area contributed by atoms with Gasteiger partial charge in [0.25, 0.3) is 0 Å². The third-order valence-corrected chi connectivity index (χ3v) is 6.48. The predicted octanol–water partition coefficient (Wildman–Crippen LogP) is 1.23. The lowest BCUT2D eigenvalue weighted by Gasteiger charge is -2.54. The van der Waals surface area contributed by atoms with Crippen LogP contribution in [0.2, 0.25) is 0 Å². The number of amides is 4. The summed E-state index contributed by atoms with van der Waals surface area (Å²) in [5.74, 6) is -0.0544. The molecule has 174 valence electrons. The van der Waals surface area contributed by atoms with Crippen molar-refractivity contribution < 1.29 is 19.1 Å². The third-order valence-electron chi connectivity index (χ3n) is 6.26. The molecular formula is C22H30ClN5O4. The van der Waals surface area contributed by atoms with Crippen LogP contribution >= 0.6 is 11.6 Å². The summed E-state index contributed by atoms with van der Waals surface area (Å²) in [5, 5.41) is 6.13. The number of rotatable bonds is 6. The molecule has 0 spiro atoms. The van der Waals surface area contributed by atoms with E-state index in [1.807, 2.05) is 30.3 Å². The molecule has 0 saturated carbocycles. The number of halogens is 1. The highest BCUT2D eigenvalue weighted by Crippen LogP contribution is 2.28. The molecule has 0 bridgehead atoms. The third kappa shape index (κ3) is 4.69. The van der Waals surface area contributed by atoms with E-state index in [0.29, 0.717) is 26.1 Å². The fourth-order valence-corrected chi connectivity index (χ4v) is 4.95. The molecule has 3 heterocycles. The lowest BCUT2D eigenvalue weighted by molar-refractivity contribution is -0.188. The van der Waals surface area contributed by atoms with E-state index >= 15 is 0 Å². The normalized spacial score (nSPS) is 26.4. The number of carbonyl (C=O) groups is 3. The van der Waals surface area contributed by atoms with Crippen LogP contribution in [0.25, 0.3) is 0 Å². The van der Waals surface area contributed by atoms with Gasteiger partial charge >= 0.3 is 6.03 Å². The van der Waals surface area contributed by atoms with Crippen molar-refractivity contribution in [3.8, 4) is 0 Å². The lowest BCUT2D eigenvalue weighted by Crippen LogP contribution is -2.76. The zero-order valence-electron chi connectivity index (χ0n) is 18.3. The van der Waals surface area contributed by atoms with Crippen molar-refractivity contribution in [1.29, 1.82) is 0 Å². The van der Waals surface area contributed by atoms with E-state index < -0.39 is 12.2 Å². The highest BCUT2D eigenvalue weighted by molar-refractivity contribution is 6.18. The smallest absolute Gasteiger partial charge is 0.334 e. The maximum absolute atomic E-state index is 13.3. The minimum Gasteiger partial charge on any atom is -0.376 e. The van der Waals surface area contributed by atoms with Gasteiger partial charge in [-0.15, -0.1) is 11.6 Å². The first-order chi connectivity index (χ1) is 15.5. The largest absolute Gasteiger partial charge is 0.376 e. The number of nitrogens with zero attached hydrogens (tertiary/aromatic N) is 4. The fourth-order valence-electron chi connectivity index (χ4n) is 4.74. The van der Waals surface area contributed by atoms with Crippen LogP contribution < -0.4 is 5.32 Å². The van der Waals surface area contributed by atoms with Crippen molar-refractivity contribution in [2.45, 2.75) is 44.1 Å². The topological polar surface area (TPSA) is 85.4 Å². The zero-order chi connectivity index (χ0) is 22.7. The average molecular weight is 464 g/mol. The number of urea groups is 1. The van der Waals surface area contributed by atoms with Crippen molar-refractivity contribution in [3.05, 3.63) is 35.9 Å². The maximum atomic E-state index is 13.3. The van der Waals surface area contributed by atoms with Gasteiger partial charge in [0.2, 0.25) is 11.8 Å². The first-order valence-corrected chi connectivity index (χ1v) is 11.6. The molecule has 4 rings (SSSR count). The van der Waals surface area contributed by atoms with E-state index in [0.717, 1.165) is 18.4 Å². The Kier molecular flexibility index (Phi) is 7.17. The molecule has 0 radical (unpaired) electrons. The van der Waals surface area contributed by atoms with Crippen LogP contribution in [0, 0.1) is 0 Å². The van der Waals surface area contributed by atoms with Gasteiger partial charge < -0.3 is 19.9 Å². The Balaban J connectivity index is 1.55. The number of nitrogens with one attached hydrogen (secondary N) is 1. The van der Waals surface area contributed by atoms with Gasteiger partial charge in [-0.2, -0.15) is 0 Å². The van der Waals surface area contributed by atoms with Crippen LogP contribution in [0.1, 0.15) is 24.8 Å². The Morgan fingerprint density at radius 2 is 2.03 bits per heavy atom. The van der Waals surface area contributed by atoms with E-state index in [9.17, 15) is 14.4 Å². The second-order valence-electron chi connectivity index (χ2n) is 8.46. The molecule has 32 heavy (non-hydrogen) atoms. The van der Waals surface area contributed by atoms with E-state index in [2.05, 4.69) is 5.32 Å². The van der Waals surface area contributed by atoms with Crippen molar-refractivity contribution in [2.24, 2.45) is 0 Å². The minimum atomic E-state index is -0.682. The van der Waals surface area contributed by atoms with Crippen LogP contribution in [0.5, 0.6) is 0 Å². The number of likely N-dealkylation sites (N-methyl/N-ethyl adjacent to an activating group) is 1. The van der Waals surface area contributed by atoms with Crippen LogP contribution in [0.3, 0.4) is 0 Å². The summed E-state index contributed by atoms with van der Waals surface area (Å²) < 4.78 is 5.74. The van der Waals surface area contributed by atoms with Crippen molar-refractivity contribution in [3.63, 3.8) is 0 Å². The minimum absolute atomic E-state index is 0.0143. The molecule has 3 aliphatic rings. The van der Waals surface area contributed by atoms with Gasteiger partial charge in [0.1, 0.15) is 12.2 Å². The average Bonchev–Trinajstić information content (AvgIpc) is 3.29. The summed E-state index contributed by atoms with van der Waals surface area (Å²) in [5.41, 5.74) is 0.979. The van der Waals surface area contributed by atoms with Gasteiger partial charge in [-0.05, 0) is 24.8 Å². The standard InChI is InChI=1S/C22H30ClN5O4/c1-25-15-20(29)27-18(9-10-23)21(30)26(13-17-8-5-11-32-17)14-19(27)28(25)22(31)24-12-16-6-3-2-4-7-16/h2-4,6-7,17-19H,5,8-15H2,1H3,(H,24,31)/t17?,18-,19-/m0/s1. The Hall–Kier alpha value is -2.36. The van der Waals surface area contributed by atoms with Gasteiger partial charge in [-0.25, -0.2) is 14.8 Å². The first-order valence-electron chi connectivity index (χ1n) is 11.1. The highest BCUT2D eigenvalue weighted by Gasteiger charge is 2.50. The Morgan fingerprint density at radius 1 is 1.25 bits per heavy atom. The fraction of sp³-hybridized carbons (Fsp3) is 0.591. The van der Waals surface area contributed by atoms with Crippen LogP contribution in [0.4, 0.5) is 4.79 Å². The number of carbonyl (C=O) groups excluding carboxylic acids is 3. The Labute approximate surface area is 193 Å². The number of benzene rings is 1. The highest BCUT2D eigenvalue weighted by atomic mass is 35.5. The molecule has 9 nitrogen and oxygen atoms in total. The molecular weight excluding hydrogens is 434 g/mol. The molecule has 1 aromatic rings. The monoisotopic (exact) mass is 463 g/mol. The number of hydrazine groups is 1. The molecule has 4 amide bonds. The van der Waals surface area contributed by atoms with Crippen LogP contribution in [0.15, 0.2) is 30.3 Å². The number of alkyl halides is 1. The number of ether oxygens (including phenoxy) is 1. The first kappa shape index (κ1) is 22.8. The number of hydrogen-bond acceptors (Lipinski definition) is 5. The van der Waals surface area contributed by atoms with Crippen molar-refractivity contribution in [1.82, 2.24) is 25.1 Å². The molecule has 10 heteroatoms. The van der Waals surface area contributed by atoms with Gasteiger partial charge in [-0.1, -0.05) is 30.3 Å². The molecule has 1 aromatic carbocycles. The molecule has 0 aromatic heterocycles. The van der Waals surface area contributed by atoms with Gasteiger partial charge in [0.15, 0.2) is 0 Å². The second-order valence-corrected chi connectivity index (χ2v) is 8.84. The molecule has 3 atom stereocenters. The van der Waals surface area contributed by atoms with Crippen LogP contribution in [-0.4, -0.2) is 95.1 Å². The summed E-state index contributed by atoms with van der Waals surface area (Å²) in [4.78, 5) is 42.7. The molecule has 1 unspecified atom stereocenters. The number of piperazine rings is 1. The van der Waals surface area contributed by atoms with E-state index in [1.165, 1.54) is 0 Å². The molecule has 0 aliphatic carbocycles. The van der Waals surface area contributed by atoms with E-state index in [-0.39, 0.29) is 42.9 Å². The quantitative estimate of drug-likeness (QED) is 0.641. The van der Waals surface area contributed by atoms with E-state index in [1.54, 1.807) is 26.9 Å². The molecule has 1 N–H and O–H groups in total. The SMILES string of the molecule is CN1CC(=O)N2[C@@H](CCCl)C(=O)N(CC3CCCO3)C[C@@H]2N1C(=O)NCc1ccccc1. The number of hydrogen-bond donors (Lipinski definition) is 1. The van der Waals surface area contributed by atoms with Gasteiger partial charge in [0.05, 0.1) is 19.2 Å². The van der Waals surface area contributed by atoms with Gasteiger partial charge in [-0.3, -0.25) is 9.59 Å². The van der Waals surface area contributed by atoms with E-state index in [4.69, 9.17) is 16.3 Å². The van der Waals surface area contributed by atoms with Crippen LogP contribution in [-0.2, 0) is 20.9 Å². The van der Waals surface area contributed by atoms with Gasteiger partial charge in [0, 0.05) is 32.6 Å². The molecule has 3 aliphatic heterocycles. The summed E-state index contributed by atoms with van der Waals surface area (Å²) in [7, 11) is 1.72. The molecule has 3 saturated heterocycles. The maximum Gasteiger partial charge on any atom is 0.334 e. The summed E-state index contributed by atoms with van der Waals surface area (Å²) in [6.45, 7) is 1.79. The Morgan fingerprint density at radius 3 is 2.72 bits per heavy atom. The summed E-state index contributed by atoms with van der Waals surface area (Å²) in [6.07, 6.45) is 1.61. The predicted molar refractivity (Wildman–Crippen MR) is 118 cm³/mol. The second kappa shape index (κ2) is 10.1. The van der Waals surface area contributed by atoms with Crippen molar-refractivity contribution >= 4 is 29.4 Å². The summed E-state index contributed by atoms with van der Waals surface area (Å²) in [6, 6.07) is 8.65.